The molecule has 0 saturated carbocycles. The Morgan fingerprint density at radius 1 is 1.04 bits per heavy atom. The van der Waals surface area contributed by atoms with E-state index in [1.165, 1.54) is 0 Å². The summed E-state index contributed by atoms with van der Waals surface area (Å²) in [7, 11) is 0. The van der Waals surface area contributed by atoms with Crippen molar-refractivity contribution in [1.82, 2.24) is 5.32 Å². The molecule has 116 valence electrons. The van der Waals surface area contributed by atoms with Crippen LogP contribution in [0.3, 0.4) is 0 Å². The summed E-state index contributed by atoms with van der Waals surface area (Å²) in [5, 5.41) is 15.6. The molecule has 2 aromatic rings. The molecule has 2 amide bonds. The fourth-order valence-corrected chi connectivity index (χ4v) is 2.19. The van der Waals surface area contributed by atoms with Crippen molar-refractivity contribution in [2.75, 3.05) is 5.32 Å². The first-order valence-electron chi connectivity index (χ1n) is 6.89. The van der Waals surface area contributed by atoms with Gasteiger partial charge in [-0.25, -0.2) is 0 Å². The fraction of sp³-hybridized carbons (Fsp3) is 0.118. The van der Waals surface area contributed by atoms with Gasteiger partial charge in [0.1, 0.15) is 5.40 Å². The van der Waals surface area contributed by atoms with Crippen molar-refractivity contribution in [3.8, 4) is 5.40 Å². The number of carbonyl (C=O) groups is 2. The molecule has 5 nitrogen and oxygen atoms in total. The molecule has 0 aromatic heterocycles. The molecule has 0 aliphatic rings. The summed E-state index contributed by atoms with van der Waals surface area (Å²) in [4.78, 5) is 24.4. The van der Waals surface area contributed by atoms with E-state index in [2.05, 4.69) is 10.6 Å². The third-order valence-electron chi connectivity index (χ3n) is 3.06. The Morgan fingerprint density at radius 2 is 1.70 bits per heavy atom. The van der Waals surface area contributed by atoms with Crippen LogP contribution in [0.15, 0.2) is 53.4 Å². The average molecular weight is 325 g/mol. The molecule has 23 heavy (non-hydrogen) atoms. The van der Waals surface area contributed by atoms with Gasteiger partial charge in [0, 0.05) is 17.1 Å². The van der Waals surface area contributed by atoms with Crippen LogP contribution in [0.1, 0.15) is 11.1 Å². The lowest BCUT2D eigenvalue weighted by molar-refractivity contribution is -0.136. The van der Waals surface area contributed by atoms with E-state index in [4.69, 9.17) is 5.26 Å². The molecule has 2 N–H and O–H groups in total. The molecule has 0 atom stereocenters. The van der Waals surface area contributed by atoms with E-state index in [0.717, 1.165) is 27.8 Å². The normalized spacial score (nSPS) is 9.74. The largest absolute Gasteiger partial charge is 0.344 e. The van der Waals surface area contributed by atoms with Crippen LogP contribution in [0.4, 0.5) is 5.69 Å². The average Bonchev–Trinajstić information content (AvgIpc) is 2.56. The summed E-state index contributed by atoms with van der Waals surface area (Å²) in [6.45, 7) is 2.28. The Morgan fingerprint density at radius 3 is 2.30 bits per heavy atom. The number of nitrogens with one attached hydrogen (secondary N) is 2. The second-order valence-corrected chi connectivity index (χ2v) is 5.70. The lowest BCUT2D eigenvalue weighted by Crippen LogP contribution is -2.34. The number of thiocyanates is 1. The zero-order valence-corrected chi connectivity index (χ0v) is 13.3. The summed E-state index contributed by atoms with van der Waals surface area (Å²) in [6.07, 6.45) is 0. The smallest absolute Gasteiger partial charge is 0.313 e. The number of aryl methyl sites for hydroxylation is 1. The van der Waals surface area contributed by atoms with E-state index in [1.54, 1.807) is 24.3 Å². The molecule has 0 radical (unpaired) electrons. The van der Waals surface area contributed by atoms with Crippen molar-refractivity contribution in [2.24, 2.45) is 0 Å². The number of nitriles is 1. The first-order valence-corrected chi connectivity index (χ1v) is 7.71. The number of amides is 2. The molecular formula is C17H15N3O2S. The van der Waals surface area contributed by atoms with E-state index in [-0.39, 0.29) is 0 Å². The minimum atomic E-state index is -0.724. The van der Waals surface area contributed by atoms with Crippen LogP contribution in [0, 0.1) is 17.6 Å². The fourth-order valence-electron chi connectivity index (χ4n) is 1.82. The van der Waals surface area contributed by atoms with Crippen LogP contribution >= 0.6 is 11.8 Å². The molecule has 0 fully saturated rings. The third kappa shape index (κ3) is 5.16. The van der Waals surface area contributed by atoms with E-state index in [9.17, 15) is 9.59 Å². The number of thioether (sulfide) groups is 1. The first kappa shape index (κ1) is 16.6. The summed E-state index contributed by atoms with van der Waals surface area (Å²) < 4.78 is 0. The van der Waals surface area contributed by atoms with Gasteiger partial charge in [0.25, 0.3) is 0 Å². The summed E-state index contributed by atoms with van der Waals surface area (Å²) in [6, 6.07) is 14.4. The van der Waals surface area contributed by atoms with Gasteiger partial charge < -0.3 is 10.6 Å². The Bertz CT molecular complexity index is 734. The Kier molecular flexibility index (Phi) is 5.78. The van der Waals surface area contributed by atoms with Gasteiger partial charge in [0.15, 0.2) is 0 Å². The maximum atomic E-state index is 11.8. The predicted octanol–water partition coefficient (Wildman–Crippen LogP) is 2.82. The van der Waals surface area contributed by atoms with Gasteiger partial charge in [-0.15, -0.1) is 0 Å². The lowest BCUT2D eigenvalue weighted by Gasteiger charge is -2.07. The summed E-state index contributed by atoms with van der Waals surface area (Å²) in [5.74, 6) is -1.42. The summed E-state index contributed by atoms with van der Waals surface area (Å²) >= 11 is 1.03. The molecule has 0 saturated heterocycles. The monoisotopic (exact) mass is 325 g/mol. The predicted molar refractivity (Wildman–Crippen MR) is 89.6 cm³/mol. The van der Waals surface area contributed by atoms with Gasteiger partial charge in [-0.1, -0.05) is 29.8 Å². The van der Waals surface area contributed by atoms with Gasteiger partial charge >= 0.3 is 11.8 Å². The van der Waals surface area contributed by atoms with Gasteiger partial charge in [-0.2, -0.15) is 5.26 Å². The highest BCUT2D eigenvalue weighted by atomic mass is 32.2. The highest BCUT2D eigenvalue weighted by molar-refractivity contribution is 8.03. The second-order valence-electron chi connectivity index (χ2n) is 4.84. The molecule has 0 bridgehead atoms. The third-order valence-corrected chi connectivity index (χ3v) is 3.65. The Hall–Kier alpha value is -2.78. The molecule has 2 rings (SSSR count). The molecule has 0 aliphatic heterocycles. The SMILES string of the molecule is Cc1ccc(CNC(=O)C(=O)Nc2ccc(SC#N)cc2)cc1. The molecule has 6 heteroatoms. The zero-order chi connectivity index (χ0) is 16.7. The molecule has 0 spiro atoms. The maximum Gasteiger partial charge on any atom is 0.313 e. The van der Waals surface area contributed by atoms with Crippen LogP contribution in [0.5, 0.6) is 0 Å². The van der Waals surface area contributed by atoms with Crippen LogP contribution in [0.25, 0.3) is 0 Å². The van der Waals surface area contributed by atoms with Crippen molar-refractivity contribution in [2.45, 2.75) is 18.4 Å². The molecule has 0 heterocycles. The number of anilines is 1. The summed E-state index contributed by atoms with van der Waals surface area (Å²) in [5.41, 5.74) is 2.56. The number of rotatable bonds is 4. The van der Waals surface area contributed by atoms with Crippen LogP contribution < -0.4 is 10.6 Å². The molecule has 0 unspecified atom stereocenters. The van der Waals surface area contributed by atoms with Crippen LogP contribution in [-0.2, 0) is 16.1 Å². The number of hydrogen-bond acceptors (Lipinski definition) is 4. The molecule has 2 aromatic carbocycles. The molecular weight excluding hydrogens is 310 g/mol. The number of hydrogen-bond donors (Lipinski definition) is 2. The number of carbonyl (C=O) groups excluding carboxylic acids is 2. The van der Waals surface area contributed by atoms with Gasteiger partial charge in [-0.3, -0.25) is 9.59 Å². The second kappa shape index (κ2) is 8.01. The topological polar surface area (TPSA) is 82.0 Å². The quantitative estimate of drug-likeness (QED) is 0.514. The minimum absolute atomic E-state index is 0.296. The van der Waals surface area contributed by atoms with E-state index in [0.29, 0.717) is 12.2 Å². The maximum absolute atomic E-state index is 11.8. The standard InChI is InChI=1S/C17H15N3O2S/c1-12-2-4-13(5-3-12)10-19-16(21)17(22)20-14-6-8-15(9-7-14)23-11-18/h2-9H,10H2,1H3,(H,19,21)(H,20,22). The Labute approximate surface area is 138 Å². The Balaban J connectivity index is 1.86. The highest BCUT2D eigenvalue weighted by Crippen LogP contribution is 2.18. The van der Waals surface area contributed by atoms with Crippen molar-refractivity contribution in [3.05, 3.63) is 59.7 Å². The zero-order valence-electron chi connectivity index (χ0n) is 12.5. The first-order chi connectivity index (χ1) is 11.1. The van der Waals surface area contributed by atoms with E-state index >= 15 is 0 Å². The lowest BCUT2D eigenvalue weighted by atomic mass is 10.1. The van der Waals surface area contributed by atoms with Gasteiger partial charge in [0.05, 0.1) is 0 Å². The van der Waals surface area contributed by atoms with Crippen molar-refractivity contribution < 1.29 is 9.59 Å². The van der Waals surface area contributed by atoms with E-state index in [1.807, 2.05) is 36.6 Å². The van der Waals surface area contributed by atoms with Crippen molar-refractivity contribution >= 4 is 29.3 Å². The van der Waals surface area contributed by atoms with E-state index < -0.39 is 11.8 Å². The number of nitrogens with zero attached hydrogens (tertiary/aromatic N) is 1. The van der Waals surface area contributed by atoms with Crippen LogP contribution in [-0.4, -0.2) is 11.8 Å². The van der Waals surface area contributed by atoms with Crippen molar-refractivity contribution in [3.63, 3.8) is 0 Å². The van der Waals surface area contributed by atoms with Gasteiger partial charge in [-0.05, 0) is 48.5 Å². The number of benzene rings is 2. The van der Waals surface area contributed by atoms with Crippen LogP contribution in [0.2, 0.25) is 0 Å². The minimum Gasteiger partial charge on any atom is -0.344 e. The molecule has 0 aliphatic carbocycles. The highest BCUT2D eigenvalue weighted by Gasteiger charge is 2.13. The van der Waals surface area contributed by atoms with Crippen molar-refractivity contribution in [1.29, 1.82) is 5.26 Å². The van der Waals surface area contributed by atoms with Gasteiger partial charge in [0.2, 0.25) is 0 Å².